The Balaban J connectivity index is 0.000000171. The number of pyridine rings is 3. The first-order chi connectivity index (χ1) is 28.4. The molecule has 0 fully saturated rings. The Bertz CT molecular complexity index is 2830. The smallest absolute Gasteiger partial charge is 0.266 e. The topological polar surface area (TPSA) is 245 Å². The molecule has 3 N–H and O–H groups in total. The number of fused-ring (bicyclic) bond motifs is 2. The first-order valence-corrected chi connectivity index (χ1v) is 19.3. The number of rotatable bonds is 10. The van der Waals surface area contributed by atoms with Crippen molar-refractivity contribution in [3.05, 3.63) is 156 Å². The van der Waals surface area contributed by atoms with E-state index in [1.807, 2.05) is 31.4 Å². The number of aromatic nitrogens is 11. The molecule has 7 aromatic heterocycles. The van der Waals surface area contributed by atoms with Crippen LogP contribution in [0.15, 0.2) is 119 Å². The normalized spacial score (nSPS) is 10.7. The van der Waals surface area contributed by atoms with Gasteiger partial charge < -0.3 is 25.7 Å². The van der Waals surface area contributed by atoms with Gasteiger partial charge in [0.1, 0.15) is 5.75 Å². The van der Waals surface area contributed by atoms with E-state index in [0.29, 0.717) is 84.0 Å². The average Bonchev–Trinajstić information content (AvgIpc) is 3.80. The van der Waals surface area contributed by atoms with Crippen molar-refractivity contribution in [3.63, 3.8) is 0 Å². The molecule has 0 radical (unpaired) electrons. The van der Waals surface area contributed by atoms with Crippen molar-refractivity contribution in [2.24, 2.45) is 0 Å². The van der Waals surface area contributed by atoms with Crippen LogP contribution < -0.4 is 35.4 Å². The van der Waals surface area contributed by atoms with Crippen molar-refractivity contribution in [1.82, 2.24) is 39.2 Å². The summed E-state index contributed by atoms with van der Waals surface area (Å²) in [5, 5.41) is 42.0. The lowest BCUT2D eigenvalue weighted by Crippen LogP contribution is -2.23. The molecule has 302 valence electrons. The van der Waals surface area contributed by atoms with Gasteiger partial charge in [0.2, 0.25) is 5.95 Å². The Hall–Kier alpha value is -7.03. The van der Waals surface area contributed by atoms with E-state index in [9.17, 15) is 30.0 Å². The molecule has 0 bridgehead atoms. The Morgan fingerprint density at radius 1 is 0.780 bits per heavy atom. The Morgan fingerprint density at radius 3 is 1.85 bits per heavy atom. The summed E-state index contributed by atoms with van der Waals surface area (Å²) in [5.41, 5.74) is 3.10. The maximum absolute atomic E-state index is 11.8. The van der Waals surface area contributed by atoms with Crippen LogP contribution in [-0.4, -0.2) is 63.8 Å². The summed E-state index contributed by atoms with van der Waals surface area (Å²) >= 11 is 12.5. The zero-order chi connectivity index (χ0) is 42.1. The van der Waals surface area contributed by atoms with Crippen LogP contribution in [-0.2, 0) is 0 Å². The van der Waals surface area contributed by atoms with Crippen LogP contribution in [0, 0.1) is 22.5 Å². The van der Waals surface area contributed by atoms with E-state index in [4.69, 9.17) is 27.9 Å². The summed E-state index contributed by atoms with van der Waals surface area (Å²) in [7, 11) is 0. The molecule has 0 aliphatic carbocycles. The number of benzene rings is 1. The standard InChI is InChI=1S/C20H19ClN6O3.C11H9N5O2S.C6H4ClNO2/c1-13-11-15(3-4-16(13)21)30-10-2-7-22-20-24-19(14-5-8-26(29)9-6-14)23-17-12-18(28)25-27(17)20;1-19-11-13-10(7-2-4-15(18)5-3-7)12-8-6-9(17)14-16(8)11;7-6(9)5-1-3-8(10)4-2-5/h3-6,8-9,11-12H,2,7,10H2,1H3,(H,25,28)(H,22,23,24);2-6H,1H3,(H,14,17);1-4H. The third-order valence-electron chi connectivity index (χ3n) is 8.01. The Labute approximate surface area is 347 Å². The van der Waals surface area contributed by atoms with Gasteiger partial charge in [0.05, 0.1) is 6.61 Å². The number of aromatic amines is 2. The molecule has 7 heterocycles. The highest BCUT2D eigenvalue weighted by Crippen LogP contribution is 2.22. The highest BCUT2D eigenvalue weighted by Gasteiger charge is 2.13. The zero-order valence-electron chi connectivity index (χ0n) is 31.0. The lowest BCUT2D eigenvalue weighted by molar-refractivity contribution is -0.605. The van der Waals surface area contributed by atoms with Crippen molar-refractivity contribution in [2.75, 3.05) is 24.7 Å². The quantitative estimate of drug-likeness (QED) is 0.0585. The van der Waals surface area contributed by atoms with E-state index in [1.165, 1.54) is 82.2 Å². The summed E-state index contributed by atoms with van der Waals surface area (Å²) in [4.78, 5) is 51.1. The van der Waals surface area contributed by atoms with Gasteiger partial charge in [0.25, 0.3) is 16.4 Å². The molecule has 8 aromatic rings. The lowest BCUT2D eigenvalue weighted by Gasteiger charge is -2.11. The maximum atomic E-state index is 11.8. The van der Waals surface area contributed by atoms with Crippen LogP contribution in [0.2, 0.25) is 5.02 Å². The molecule has 0 saturated carbocycles. The van der Waals surface area contributed by atoms with Gasteiger partial charge in [-0.25, -0.2) is 24.0 Å². The minimum Gasteiger partial charge on any atom is -0.619 e. The molecule has 0 aliphatic heterocycles. The number of carbonyl (C=O) groups is 1. The molecular weight excluding hydrogens is 827 g/mol. The monoisotopic (exact) mass is 858 g/mol. The third-order valence-corrected chi connectivity index (χ3v) is 9.30. The average molecular weight is 860 g/mol. The number of nitrogens with one attached hydrogen (secondary N) is 3. The number of hydrogen-bond acceptors (Lipinski definition) is 13. The second-order valence-corrected chi connectivity index (χ2v) is 13.7. The summed E-state index contributed by atoms with van der Waals surface area (Å²) in [6.07, 6.45) is 10.5. The van der Waals surface area contributed by atoms with Crippen molar-refractivity contribution >= 4 is 57.4 Å². The number of nitrogens with zero attached hydrogens (tertiary/aromatic N) is 9. The van der Waals surface area contributed by atoms with Crippen molar-refractivity contribution in [3.8, 4) is 28.5 Å². The lowest BCUT2D eigenvalue weighted by atomic mass is 10.2. The molecular formula is C37H32Cl2N12O7S. The van der Waals surface area contributed by atoms with Gasteiger partial charge in [-0.3, -0.25) is 24.6 Å². The molecule has 0 atom stereocenters. The first kappa shape index (κ1) is 41.6. The molecule has 0 saturated heterocycles. The summed E-state index contributed by atoms with van der Waals surface area (Å²) in [6, 6.07) is 17.6. The van der Waals surface area contributed by atoms with E-state index in [0.717, 1.165) is 16.9 Å². The highest BCUT2D eigenvalue weighted by atomic mass is 35.5. The van der Waals surface area contributed by atoms with Gasteiger partial charge in [-0.2, -0.15) is 19.2 Å². The highest BCUT2D eigenvalue weighted by molar-refractivity contribution is 7.98. The van der Waals surface area contributed by atoms with E-state index >= 15 is 0 Å². The van der Waals surface area contributed by atoms with Crippen LogP contribution in [0.4, 0.5) is 5.95 Å². The maximum Gasteiger partial charge on any atom is 0.266 e. The number of carbonyl (C=O) groups excluding carboxylic acids is 1. The Morgan fingerprint density at radius 2 is 1.31 bits per heavy atom. The summed E-state index contributed by atoms with van der Waals surface area (Å²) in [5.74, 6) is 2.09. The molecule has 1 aromatic carbocycles. The predicted molar refractivity (Wildman–Crippen MR) is 218 cm³/mol. The van der Waals surface area contributed by atoms with Gasteiger partial charge in [-0.1, -0.05) is 23.4 Å². The minimum absolute atomic E-state index is 0.229. The third kappa shape index (κ3) is 10.9. The second kappa shape index (κ2) is 18.9. The second-order valence-electron chi connectivity index (χ2n) is 12.2. The minimum atomic E-state index is -0.555. The van der Waals surface area contributed by atoms with Crippen molar-refractivity contribution < 1.29 is 23.7 Å². The fourth-order valence-electron chi connectivity index (χ4n) is 5.14. The van der Waals surface area contributed by atoms with E-state index < -0.39 is 5.24 Å². The fourth-order valence-corrected chi connectivity index (χ4v) is 5.89. The van der Waals surface area contributed by atoms with Gasteiger partial charge in [0.15, 0.2) is 65.3 Å². The number of aryl methyl sites for hydroxylation is 1. The molecule has 19 nitrogen and oxygen atoms in total. The van der Waals surface area contributed by atoms with Crippen LogP contribution in [0.3, 0.4) is 0 Å². The van der Waals surface area contributed by atoms with Crippen molar-refractivity contribution in [1.29, 1.82) is 0 Å². The van der Waals surface area contributed by atoms with E-state index in [-0.39, 0.29) is 11.1 Å². The van der Waals surface area contributed by atoms with Gasteiger partial charge in [-0.05, 0) is 55.0 Å². The van der Waals surface area contributed by atoms with Gasteiger partial charge in [0, 0.05) is 76.8 Å². The number of halogens is 2. The van der Waals surface area contributed by atoms with Crippen LogP contribution in [0.25, 0.3) is 34.1 Å². The largest absolute Gasteiger partial charge is 0.619 e. The number of hydrogen-bond donors (Lipinski definition) is 3. The molecule has 8 rings (SSSR count). The van der Waals surface area contributed by atoms with E-state index in [1.54, 1.807) is 24.3 Å². The first-order valence-electron chi connectivity index (χ1n) is 17.3. The summed E-state index contributed by atoms with van der Waals surface area (Å²) < 4.78 is 10.7. The number of thioether (sulfide) groups is 1. The molecule has 0 aliphatic rings. The zero-order valence-corrected chi connectivity index (χ0v) is 33.3. The molecule has 0 amide bonds. The number of anilines is 1. The SMILES string of the molecule is CSc1nc(-c2cc[n+]([O-])cc2)nc2cc(=O)[nH]n12.Cc1cc(OCCCNc2nc(-c3cc[n+]([O-])cc3)nc3cc(=O)[nH]n23)ccc1Cl.O=C(Cl)c1cc[n+]([O-])cc1. The fraction of sp³-hybridized carbons (Fsp3) is 0.135. The van der Waals surface area contributed by atoms with Crippen LogP contribution in [0.5, 0.6) is 5.75 Å². The Kier molecular flexibility index (Phi) is 13.4. The van der Waals surface area contributed by atoms with Crippen LogP contribution in [0.1, 0.15) is 22.3 Å². The molecule has 0 spiro atoms. The predicted octanol–water partition coefficient (Wildman–Crippen LogP) is 3.70. The van der Waals surface area contributed by atoms with Crippen LogP contribution >= 0.6 is 35.0 Å². The van der Waals surface area contributed by atoms with Gasteiger partial charge >= 0.3 is 0 Å². The molecule has 22 heteroatoms. The number of H-pyrrole nitrogens is 2. The van der Waals surface area contributed by atoms with E-state index in [2.05, 4.69) is 35.5 Å². The summed E-state index contributed by atoms with van der Waals surface area (Å²) in [6.45, 7) is 2.99. The molecule has 59 heavy (non-hydrogen) atoms. The number of ether oxygens (including phenoxy) is 1. The molecule has 0 unspecified atom stereocenters. The van der Waals surface area contributed by atoms with Crippen molar-refractivity contribution in [2.45, 2.75) is 18.5 Å². The van der Waals surface area contributed by atoms with Gasteiger partial charge in [-0.15, -0.1) is 0 Å².